The number of halogens is 1. The summed E-state index contributed by atoms with van der Waals surface area (Å²) >= 11 is 11.5. The number of methoxy groups -OCH3 is 1. The lowest BCUT2D eigenvalue weighted by atomic mass is 10.0. The topological polar surface area (TPSA) is 67.9 Å². The molecule has 0 spiro atoms. The number of anilines is 1. The summed E-state index contributed by atoms with van der Waals surface area (Å²) in [4.78, 5) is 27.2. The fourth-order valence-corrected chi connectivity index (χ4v) is 3.48. The van der Waals surface area contributed by atoms with Crippen LogP contribution in [0.2, 0.25) is 5.02 Å². The Morgan fingerprint density at radius 1 is 1.17 bits per heavy atom. The molecule has 1 aliphatic heterocycles. The van der Waals surface area contributed by atoms with Crippen LogP contribution in [-0.2, 0) is 9.59 Å². The van der Waals surface area contributed by atoms with Crippen LogP contribution in [0.5, 0.6) is 11.5 Å². The number of amides is 2. The van der Waals surface area contributed by atoms with E-state index in [0.29, 0.717) is 33.3 Å². The average Bonchev–Trinajstić information content (AvgIpc) is 2.68. The van der Waals surface area contributed by atoms with E-state index in [-0.39, 0.29) is 16.8 Å². The highest BCUT2D eigenvalue weighted by molar-refractivity contribution is 7.80. The highest BCUT2D eigenvalue weighted by Crippen LogP contribution is 2.35. The fourth-order valence-electron chi connectivity index (χ4n) is 3.04. The lowest BCUT2D eigenvalue weighted by molar-refractivity contribution is -0.122. The Kier molecular flexibility index (Phi) is 6.43. The van der Waals surface area contributed by atoms with E-state index in [0.717, 1.165) is 0 Å². The fraction of sp³-hybridized carbons (Fsp3) is 0.227. The van der Waals surface area contributed by atoms with Crippen LogP contribution in [0.4, 0.5) is 5.69 Å². The third kappa shape index (κ3) is 4.17. The Labute approximate surface area is 185 Å². The van der Waals surface area contributed by atoms with Gasteiger partial charge in [-0.2, -0.15) is 0 Å². The normalized spacial score (nSPS) is 15.6. The van der Waals surface area contributed by atoms with Gasteiger partial charge in [0.2, 0.25) is 0 Å². The van der Waals surface area contributed by atoms with E-state index in [9.17, 15) is 9.59 Å². The number of carbonyl (C=O) groups excluding carboxylic acids is 2. The van der Waals surface area contributed by atoms with Gasteiger partial charge in [-0.1, -0.05) is 29.8 Å². The van der Waals surface area contributed by atoms with E-state index < -0.39 is 11.8 Å². The molecule has 1 aliphatic rings. The van der Waals surface area contributed by atoms with E-state index in [1.165, 1.54) is 18.1 Å². The van der Waals surface area contributed by atoms with Crippen molar-refractivity contribution in [1.82, 2.24) is 5.32 Å². The number of rotatable bonds is 5. The molecular weight excluding hydrogens is 424 g/mol. The number of hydrogen-bond donors (Lipinski definition) is 1. The predicted octanol–water partition coefficient (Wildman–Crippen LogP) is 4.28. The van der Waals surface area contributed by atoms with Gasteiger partial charge in [0.15, 0.2) is 16.6 Å². The Bertz CT molecular complexity index is 1070. The number of carbonyl (C=O) groups is 2. The van der Waals surface area contributed by atoms with Crippen molar-refractivity contribution in [2.75, 3.05) is 12.0 Å². The summed E-state index contributed by atoms with van der Waals surface area (Å²) in [5.74, 6) is -0.187. The molecule has 6 nitrogen and oxygen atoms in total. The van der Waals surface area contributed by atoms with Gasteiger partial charge in [0.25, 0.3) is 11.8 Å². The van der Waals surface area contributed by atoms with Crippen LogP contribution in [0.15, 0.2) is 42.0 Å². The molecule has 0 saturated carbocycles. The van der Waals surface area contributed by atoms with E-state index in [4.69, 9.17) is 33.3 Å². The van der Waals surface area contributed by atoms with Crippen molar-refractivity contribution >= 4 is 52.5 Å². The van der Waals surface area contributed by atoms with Crippen LogP contribution in [0.25, 0.3) is 6.08 Å². The number of hydrogen-bond acceptors (Lipinski definition) is 5. The van der Waals surface area contributed by atoms with Crippen LogP contribution in [0.1, 0.15) is 25.0 Å². The van der Waals surface area contributed by atoms with Gasteiger partial charge in [-0.25, -0.2) is 0 Å². The van der Waals surface area contributed by atoms with Gasteiger partial charge in [-0.15, -0.1) is 0 Å². The molecule has 30 heavy (non-hydrogen) atoms. The zero-order valence-corrected chi connectivity index (χ0v) is 18.6. The van der Waals surface area contributed by atoms with Crippen molar-refractivity contribution in [3.05, 3.63) is 58.1 Å². The summed E-state index contributed by atoms with van der Waals surface area (Å²) < 4.78 is 11.3. The van der Waals surface area contributed by atoms with Crippen molar-refractivity contribution in [2.24, 2.45) is 0 Å². The second-order valence-corrected chi connectivity index (χ2v) is 7.68. The molecule has 1 N–H and O–H groups in total. The molecule has 8 heteroatoms. The van der Waals surface area contributed by atoms with Gasteiger partial charge in [0.05, 0.1) is 18.9 Å². The van der Waals surface area contributed by atoms with Crippen LogP contribution in [0, 0.1) is 6.92 Å². The van der Waals surface area contributed by atoms with Crippen LogP contribution < -0.4 is 19.7 Å². The first-order chi connectivity index (χ1) is 14.2. The number of thiocarbonyl (C=S) groups is 1. The summed E-state index contributed by atoms with van der Waals surface area (Å²) in [5, 5.41) is 3.07. The third-order valence-electron chi connectivity index (χ3n) is 4.46. The monoisotopic (exact) mass is 444 g/mol. The predicted molar refractivity (Wildman–Crippen MR) is 121 cm³/mol. The van der Waals surface area contributed by atoms with Crippen molar-refractivity contribution in [3.8, 4) is 11.5 Å². The third-order valence-corrected chi connectivity index (χ3v) is 5.16. The molecule has 0 aromatic heterocycles. The smallest absolute Gasteiger partial charge is 0.270 e. The first kappa shape index (κ1) is 21.8. The molecule has 156 valence electrons. The molecule has 2 aromatic rings. The first-order valence-electron chi connectivity index (χ1n) is 9.24. The van der Waals surface area contributed by atoms with Crippen molar-refractivity contribution in [2.45, 2.75) is 26.9 Å². The van der Waals surface area contributed by atoms with Gasteiger partial charge in [0.1, 0.15) is 5.57 Å². The summed E-state index contributed by atoms with van der Waals surface area (Å²) in [6, 6.07) is 10.4. The van der Waals surface area contributed by atoms with Gasteiger partial charge in [-0.05, 0) is 62.8 Å². The number of para-hydroxylation sites is 1. The molecule has 1 saturated heterocycles. The molecule has 0 unspecified atom stereocenters. The van der Waals surface area contributed by atoms with Crippen molar-refractivity contribution in [1.29, 1.82) is 0 Å². The quantitative estimate of drug-likeness (QED) is 0.423. The Balaban J connectivity index is 2.11. The molecule has 1 fully saturated rings. The maximum Gasteiger partial charge on any atom is 0.270 e. The minimum absolute atomic E-state index is 0.00295. The zero-order chi connectivity index (χ0) is 22.0. The van der Waals surface area contributed by atoms with Gasteiger partial charge in [-0.3, -0.25) is 19.8 Å². The molecule has 0 radical (unpaired) electrons. The maximum absolute atomic E-state index is 13.3. The molecule has 2 aromatic carbocycles. The van der Waals surface area contributed by atoms with E-state index in [2.05, 4.69) is 5.32 Å². The number of nitrogens with zero attached hydrogens (tertiary/aromatic N) is 1. The second kappa shape index (κ2) is 8.85. The summed E-state index contributed by atoms with van der Waals surface area (Å²) in [6.07, 6.45) is 1.35. The maximum atomic E-state index is 13.3. The first-order valence-corrected chi connectivity index (χ1v) is 10.0. The SMILES string of the molecule is COc1cccc(/C=C2\C(=O)NC(=S)N(c3cccc(Cl)c3C)C2=O)c1OC(C)C. The summed E-state index contributed by atoms with van der Waals surface area (Å²) in [5.41, 5.74) is 1.64. The molecule has 2 amide bonds. The Morgan fingerprint density at radius 3 is 2.53 bits per heavy atom. The number of ether oxygens (including phenoxy) is 2. The lowest BCUT2D eigenvalue weighted by Gasteiger charge is -2.30. The lowest BCUT2D eigenvalue weighted by Crippen LogP contribution is -2.54. The van der Waals surface area contributed by atoms with Gasteiger partial charge < -0.3 is 9.47 Å². The molecular formula is C22H21ClN2O4S. The molecule has 1 heterocycles. The Hall–Kier alpha value is -2.90. The van der Waals surface area contributed by atoms with Crippen molar-refractivity contribution < 1.29 is 19.1 Å². The van der Waals surface area contributed by atoms with Crippen LogP contribution >= 0.6 is 23.8 Å². The highest BCUT2D eigenvalue weighted by atomic mass is 35.5. The van der Waals surface area contributed by atoms with Crippen LogP contribution in [-0.4, -0.2) is 30.1 Å². The Morgan fingerprint density at radius 2 is 1.87 bits per heavy atom. The van der Waals surface area contributed by atoms with Crippen molar-refractivity contribution in [3.63, 3.8) is 0 Å². The number of nitrogens with one attached hydrogen (secondary N) is 1. The minimum Gasteiger partial charge on any atom is -0.493 e. The van der Waals surface area contributed by atoms with Gasteiger partial charge in [0, 0.05) is 10.6 Å². The molecule has 0 aliphatic carbocycles. The standard InChI is InChI=1S/C22H21ClN2O4S/c1-12(2)29-19-14(7-5-10-18(19)28-4)11-15-20(26)24-22(30)25(21(15)27)17-9-6-8-16(23)13(17)3/h5-12H,1-4H3,(H,24,26,30)/b15-11+. The largest absolute Gasteiger partial charge is 0.493 e. The highest BCUT2D eigenvalue weighted by Gasteiger charge is 2.35. The zero-order valence-electron chi connectivity index (χ0n) is 17.0. The van der Waals surface area contributed by atoms with E-state index in [1.807, 2.05) is 13.8 Å². The minimum atomic E-state index is -0.584. The molecule has 3 rings (SSSR count). The van der Waals surface area contributed by atoms with E-state index >= 15 is 0 Å². The molecule has 0 atom stereocenters. The number of benzene rings is 2. The second-order valence-electron chi connectivity index (χ2n) is 6.89. The summed E-state index contributed by atoms with van der Waals surface area (Å²) in [7, 11) is 1.53. The van der Waals surface area contributed by atoms with E-state index in [1.54, 1.807) is 43.3 Å². The average molecular weight is 445 g/mol. The molecule has 0 bridgehead atoms. The summed E-state index contributed by atoms with van der Waals surface area (Å²) in [6.45, 7) is 5.54. The van der Waals surface area contributed by atoms with Gasteiger partial charge >= 0.3 is 0 Å². The van der Waals surface area contributed by atoms with Crippen LogP contribution in [0.3, 0.4) is 0 Å².